The largest absolute Gasteiger partial charge is 0.341 e. The van der Waals surface area contributed by atoms with Crippen LogP contribution in [0.15, 0.2) is 42.9 Å². The van der Waals surface area contributed by atoms with E-state index in [1.807, 2.05) is 38.5 Å². The third-order valence-electron chi connectivity index (χ3n) is 4.38. The number of nitrogens with zero attached hydrogens (tertiary/aromatic N) is 3. The number of nitrogens with one attached hydrogen (secondary N) is 2. The summed E-state index contributed by atoms with van der Waals surface area (Å²) in [7, 11) is 0. The van der Waals surface area contributed by atoms with Crippen LogP contribution in [0.5, 0.6) is 0 Å². The molecular formula is C19H19N5. The lowest BCUT2D eigenvalue weighted by atomic mass is 10.0. The van der Waals surface area contributed by atoms with E-state index >= 15 is 0 Å². The molecule has 0 saturated carbocycles. The van der Waals surface area contributed by atoms with Crippen LogP contribution in [0.25, 0.3) is 28.2 Å². The van der Waals surface area contributed by atoms with Gasteiger partial charge in [-0.1, -0.05) is 6.08 Å². The highest BCUT2D eigenvalue weighted by Crippen LogP contribution is 2.26. The molecule has 1 aliphatic rings. The van der Waals surface area contributed by atoms with Crippen LogP contribution in [0.1, 0.15) is 17.0 Å². The van der Waals surface area contributed by atoms with E-state index in [-0.39, 0.29) is 0 Å². The summed E-state index contributed by atoms with van der Waals surface area (Å²) < 4.78 is 0. The van der Waals surface area contributed by atoms with Gasteiger partial charge < -0.3 is 10.3 Å². The molecule has 2 N–H and O–H groups in total. The van der Waals surface area contributed by atoms with Crippen molar-refractivity contribution in [3.63, 3.8) is 0 Å². The fourth-order valence-electron chi connectivity index (χ4n) is 2.88. The number of hydrogen-bond acceptors (Lipinski definition) is 4. The lowest BCUT2D eigenvalue weighted by Crippen LogP contribution is -2.07. The normalized spacial score (nSPS) is 14.0. The molecule has 4 heterocycles. The molecule has 0 saturated heterocycles. The molecule has 5 heteroatoms. The molecule has 3 aromatic heterocycles. The van der Waals surface area contributed by atoms with E-state index in [0.29, 0.717) is 0 Å². The van der Waals surface area contributed by atoms with Crippen molar-refractivity contribution in [3.8, 4) is 22.6 Å². The van der Waals surface area contributed by atoms with Gasteiger partial charge in [-0.05, 0) is 48.7 Å². The Labute approximate surface area is 140 Å². The Morgan fingerprint density at radius 1 is 1.04 bits per heavy atom. The summed E-state index contributed by atoms with van der Waals surface area (Å²) in [5.74, 6) is 0.804. The van der Waals surface area contributed by atoms with E-state index in [9.17, 15) is 0 Å². The van der Waals surface area contributed by atoms with Gasteiger partial charge in [0.25, 0.3) is 0 Å². The van der Waals surface area contributed by atoms with Crippen LogP contribution in [0.3, 0.4) is 0 Å². The third-order valence-corrected chi connectivity index (χ3v) is 4.38. The van der Waals surface area contributed by atoms with Crippen LogP contribution >= 0.6 is 0 Å². The van der Waals surface area contributed by atoms with Gasteiger partial charge in [0.05, 0.1) is 5.69 Å². The highest BCUT2D eigenvalue weighted by Gasteiger charge is 2.11. The van der Waals surface area contributed by atoms with Crippen LogP contribution in [0.2, 0.25) is 0 Å². The minimum absolute atomic E-state index is 0.804. The molecule has 3 aromatic rings. The number of rotatable bonds is 3. The first-order valence-corrected chi connectivity index (χ1v) is 8.06. The zero-order valence-corrected chi connectivity index (χ0v) is 13.8. The van der Waals surface area contributed by atoms with Gasteiger partial charge in [0.15, 0.2) is 5.82 Å². The lowest BCUT2D eigenvalue weighted by Gasteiger charge is -2.07. The van der Waals surface area contributed by atoms with Crippen LogP contribution in [-0.4, -0.2) is 33.0 Å². The van der Waals surface area contributed by atoms with Crippen molar-refractivity contribution in [2.45, 2.75) is 13.8 Å². The number of hydrogen-bond donors (Lipinski definition) is 2. The topological polar surface area (TPSA) is 66.5 Å². The van der Waals surface area contributed by atoms with Crippen molar-refractivity contribution in [1.82, 2.24) is 25.3 Å². The van der Waals surface area contributed by atoms with Gasteiger partial charge in [-0.15, -0.1) is 0 Å². The average Bonchev–Trinajstić information content (AvgIpc) is 3.26. The summed E-state index contributed by atoms with van der Waals surface area (Å²) >= 11 is 0. The average molecular weight is 317 g/mol. The predicted molar refractivity (Wildman–Crippen MR) is 95.4 cm³/mol. The van der Waals surface area contributed by atoms with Crippen molar-refractivity contribution >= 4 is 5.57 Å². The zero-order chi connectivity index (χ0) is 16.5. The van der Waals surface area contributed by atoms with Crippen molar-refractivity contribution in [1.29, 1.82) is 0 Å². The van der Waals surface area contributed by atoms with Gasteiger partial charge in [-0.25, -0.2) is 4.98 Å². The molecule has 0 atom stereocenters. The highest BCUT2D eigenvalue weighted by molar-refractivity contribution is 5.74. The molecule has 0 spiro atoms. The molecule has 0 unspecified atom stereocenters. The molecule has 0 fully saturated rings. The molecule has 5 nitrogen and oxygen atoms in total. The number of aryl methyl sites for hydroxylation is 2. The Bertz CT molecular complexity index is 904. The summed E-state index contributed by atoms with van der Waals surface area (Å²) in [5.41, 5.74) is 7.56. The smallest absolute Gasteiger partial charge is 0.156 e. The first-order valence-electron chi connectivity index (χ1n) is 8.06. The molecule has 0 radical (unpaired) electrons. The zero-order valence-electron chi connectivity index (χ0n) is 13.8. The summed E-state index contributed by atoms with van der Waals surface area (Å²) in [4.78, 5) is 16.7. The van der Waals surface area contributed by atoms with Crippen molar-refractivity contribution < 1.29 is 0 Å². The minimum atomic E-state index is 0.804. The summed E-state index contributed by atoms with van der Waals surface area (Å²) in [6.07, 6.45) is 7.85. The van der Waals surface area contributed by atoms with Crippen LogP contribution in [0, 0.1) is 13.8 Å². The van der Waals surface area contributed by atoms with E-state index in [0.717, 1.165) is 47.1 Å². The molecule has 4 rings (SSSR count). The molecular weight excluding hydrogens is 298 g/mol. The standard InChI is InChI=1S/C19H19N5/c1-12-13(2)24-19(23-12)18-8-14(4-6-22-18)16-7-17(11-21-10-16)15-3-5-20-9-15/h3-4,6-8,10-11,20H,5,9H2,1-2H3,(H,23,24). The molecule has 0 bridgehead atoms. The number of H-pyrrole nitrogens is 1. The first-order chi connectivity index (χ1) is 11.7. The third kappa shape index (κ3) is 2.74. The molecule has 0 aromatic carbocycles. The van der Waals surface area contributed by atoms with E-state index in [1.165, 1.54) is 11.1 Å². The van der Waals surface area contributed by atoms with Crippen molar-refractivity contribution in [2.75, 3.05) is 13.1 Å². The van der Waals surface area contributed by atoms with Gasteiger partial charge in [0.1, 0.15) is 5.69 Å². The monoisotopic (exact) mass is 317 g/mol. The maximum Gasteiger partial charge on any atom is 0.156 e. The fraction of sp³-hybridized carbons (Fsp3) is 0.211. The molecule has 120 valence electrons. The fourth-order valence-corrected chi connectivity index (χ4v) is 2.88. The van der Waals surface area contributed by atoms with Crippen LogP contribution in [-0.2, 0) is 0 Å². The van der Waals surface area contributed by atoms with Gasteiger partial charge >= 0.3 is 0 Å². The molecule has 0 aliphatic carbocycles. The van der Waals surface area contributed by atoms with E-state index in [4.69, 9.17) is 0 Å². The number of aromatic nitrogens is 4. The van der Waals surface area contributed by atoms with Gasteiger partial charge in [0, 0.05) is 42.9 Å². The van der Waals surface area contributed by atoms with Crippen LogP contribution < -0.4 is 5.32 Å². The lowest BCUT2D eigenvalue weighted by molar-refractivity contribution is 0.897. The van der Waals surface area contributed by atoms with Gasteiger partial charge in [-0.3, -0.25) is 9.97 Å². The second-order valence-electron chi connectivity index (χ2n) is 6.05. The number of imidazole rings is 1. The maximum absolute atomic E-state index is 4.54. The second kappa shape index (κ2) is 6.02. The van der Waals surface area contributed by atoms with Gasteiger partial charge in [0.2, 0.25) is 0 Å². The molecule has 1 aliphatic heterocycles. The first kappa shape index (κ1) is 14.8. The van der Waals surface area contributed by atoms with E-state index in [1.54, 1.807) is 0 Å². The van der Waals surface area contributed by atoms with Crippen molar-refractivity contribution in [2.24, 2.45) is 0 Å². The van der Waals surface area contributed by atoms with Crippen LogP contribution in [0.4, 0.5) is 0 Å². The Kier molecular flexibility index (Phi) is 3.70. The Balaban J connectivity index is 1.72. The second-order valence-corrected chi connectivity index (χ2v) is 6.05. The summed E-state index contributed by atoms with van der Waals surface area (Å²) in [5, 5.41) is 3.33. The van der Waals surface area contributed by atoms with Gasteiger partial charge in [-0.2, -0.15) is 0 Å². The predicted octanol–water partition coefficient (Wildman–Crippen LogP) is 3.14. The Morgan fingerprint density at radius 3 is 2.67 bits per heavy atom. The maximum atomic E-state index is 4.54. The SMILES string of the molecule is Cc1nc(-c2cc(-c3cncc(C4=CCNC4)c3)ccn2)[nH]c1C. The molecule has 24 heavy (non-hydrogen) atoms. The van der Waals surface area contributed by atoms with E-state index in [2.05, 4.69) is 43.5 Å². The minimum Gasteiger partial charge on any atom is -0.341 e. The summed E-state index contributed by atoms with van der Waals surface area (Å²) in [6, 6.07) is 6.25. The number of aromatic amines is 1. The van der Waals surface area contributed by atoms with Crippen molar-refractivity contribution in [3.05, 3.63) is 59.8 Å². The molecule has 0 amide bonds. The Hall–Kier alpha value is -2.79. The summed E-state index contributed by atoms with van der Waals surface area (Å²) in [6.45, 7) is 5.84. The Morgan fingerprint density at radius 2 is 1.92 bits per heavy atom. The van der Waals surface area contributed by atoms with E-state index < -0.39 is 0 Å². The quantitative estimate of drug-likeness (QED) is 0.779. The highest BCUT2D eigenvalue weighted by atomic mass is 15.0. The number of pyridine rings is 2.